The minimum absolute atomic E-state index is 0.246. The first-order chi connectivity index (χ1) is 4.63. The molecule has 1 aliphatic rings. The Morgan fingerprint density at radius 1 is 1.50 bits per heavy atom. The maximum Gasteiger partial charge on any atom is 0.0776 e. The van der Waals surface area contributed by atoms with Gasteiger partial charge in [-0.05, 0) is 18.9 Å². The first-order valence-corrected chi connectivity index (χ1v) is 3.47. The van der Waals surface area contributed by atoms with Gasteiger partial charge < -0.3 is 5.41 Å². The maximum absolute atomic E-state index is 7.47. The lowest BCUT2D eigenvalue weighted by Crippen LogP contribution is -2.24. The van der Waals surface area contributed by atoms with Gasteiger partial charge in [-0.3, -0.25) is 5.41 Å². The van der Waals surface area contributed by atoms with E-state index in [2.05, 4.69) is 0 Å². The first-order valence-electron chi connectivity index (χ1n) is 3.47. The fourth-order valence-electron chi connectivity index (χ4n) is 1.03. The Labute approximate surface area is 61.0 Å². The van der Waals surface area contributed by atoms with Crippen molar-refractivity contribution in [1.82, 2.24) is 0 Å². The van der Waals surface area contributed by atoms with Gasteiger partial charge in [0.15, 0.2) is 0 Å². The summed E-state index contributed by atoms with van der Waals surface area (Å²) >= 11 is 0. The van der Waals surface area contributed by atoms with Crippen LogP contribution in [0.2, 0.25) is 0 Å². The summed E-state index contributed by atoms with van der Waals surface area (Å²) in [4.78, 5) is 0. The molecule has 0 aromatic heterocycles. The Morgan fingerprint density at radius 3 is 2.60 bits per heavy atom. The third kappa shape index (κ3) is 1.01. The minimum atomic E-state index is 0.246. The van der Waals surface area contributed by atoms with Gasteiger partial charge in [-0.1, -0.05) is 13.0 Å². The van der Waals surface area contributed by atoms with Crippen molar-refractivity contribution in [3.8, 4) is 0 Å². The van der Waals surface area contributed by atoms with Crippen LogP contribution in [-0.4, -0.2) is 11.4 Å². The van der Waals surface area contributed by atoms with Crippen LogP contribution in [-0.2, 0) is 0 Å². The standard InChI is InChI=1S/C8H12N2/c1-5-3-4-6(2)8(10)7(5)9/h3,6,9-10H,4H2,1-2H3. The van der Waals surface area contributed by atoms with Crippen LogP contribution in [0.25, 0.3) is 0 Å². The van der Waals surface area contributed by atoms with Crippen LogP contribution in [0.5, 0.6) is 0 Å². The van der Waals surface area contributed by atoms with E-state index in [1.165, 1.54) is 0 Å². The zero-order valence-corrected chi connectivity index (χ0v) is 6.36. The fourth-order valence-corrected chi connectivity index (χ4v) is 1.03. The molecule has 1 atom stereocenters. The number of rotatable bonds is 0. The predicted molar refractivity (Wildman–Crippen MR) is 43.0 cm³/mol. The van der Waals surface area contributed by atoms with E-state index in [1.807, 2.05) is 19.9 Å². The van der Waals surface area contributed by atoms with E-state index in [1.54, 1.807) is 0 Å². The Bertz CT molecular complexity index is 213. The van der Waals surface area contributed by atoms with Crippen molar-refractivity contribution in [2.45, 2.75) is 20.3 Å². The highest BCUT2D eigenvalue weighted by atomic mass is 14.6. The van der Waals surface area contributed by atoms with Gasteiger partial charge in [0, 0.05) is 5.92 Å². The van der Waals surface area contributed by atoms with Gasteiger partial charge in [0.25, 0.3) is 0 Å². The normalized spacial score (nSPS) is 26.6. The second kappa shape index (κ2) is 2.37. The summed E-state index contributed by atoms with van der Waals surface area (Å²) in [5.41, 5.74) is 1.85. The molecule has 0 saturated heterocycles. The Hall–Kier alpha value is -0.920. The molecule has 2 N–H and O–H groups in total. The number of nitrogens with one attached hydrogen (secondary N) is 2. The average Bonchev–Trinajstić information content (AvgIpc) is 1.93. The van der Waals surface area contributed by atoms with Gasteiger partial charge in [0.1, 0.15) is 0 Å². The van der Waals surface area contributed by atoms with Crippen molar-refractivity contribution >= 4 is 11.4 Å². The molecule has 0 aromatic rings. The van der Waals surface area contributed by atoms with E-state index in [9.17, 15) is 0 Å². The predicted octanol–water partition coefficient (Wildman–Crippen LogP) is 2.01. The third-order valence-corrected chi connectivity index (χ3v) is 1.93. The molecule has 0 fully saturated rings. The minimum Gasteiger partial charge on any atom is -0.303 e. The van der Waals surface area contributed by atoms with Gasteiger partial charge in [-0.25, -0.2) is 0 Å². The lowest BCUT2D eigenvalue weighted by atomic mass is 9.88. The van der Waals surface area contributed by atoms with E-state index in [4.69, 9.17) is 10.8 Å². The van der Waals surface area contributed by atoms with Gasteiger partial charge in [0.05, 0.1) is 11.4 Å². The molecule has 0 bridgehead atoms. The van der Waals surface area contributed by atoms with Crippen LogP contribution in [0.3, 0.4) is 0 Å². The molecule has 0 saturated carbocycles. The summed E-state index contributed by atoms with van der Waals surface area (Å²) < 4.78 is 0. The van der Waals surface area contributed by atoms with Crippen molar-refractivity contribution in [2.24, 2.45) is 5.92 Å². The van der Waals surface area contributed by atoms with Crippen molar-refractivity contribution in [2.75, 3.05) is 0 Å². The van der Waals surface area contributed by atoms with Gasteiger partial charge in [0.2, 0.25) is 0 Å². The first kappa shape index (κ1) is 7.19. The lowest BCUT2D eigenvalue weighted by Gasteiger charge is -2.17. The third-order valence-electron chi connectivity index (χ3n) is 1.93. The monoisotopic (exact) mass is 136 g/mol. The van der Waals surface area contributed by atoms with Crippen LogP contribution >= 0.6 is 0 Å². The quantitative estimate of drug-likeness (QED) is 0.512. The highest BCUT2D eigenvalue weighted by Gasteiger charge is 2.18. The molecule has 54 valence electrons. The van der Waals surface area contributed by atoms with Crippen molar-refractivity contribution < 1.29 is 0 Å². The SMILES string of the molecule is CC1=CCC(C)C(=N)C1=N. The molecule has 0 aromatic carbocycles. The summed E-state index contributed by atoms with van der Waals surface area (Å²) in [6.07, 6.45) is 2.96. The number of hydrogen-bond donors (Lipinski definition) is 2. The van der Waals surface area contributed by atoms with Crippen LogP contribution in [0, 0.1) is 16.7 Å². The molecule has 0 spiro atoms. The molecule has 0 radical (unpaired) electrons. The van der Waals surface area contributed by atoms with Crippen molar-refractivity contribution in [1.29, 1.82) is 10.8 Å². The molecule has 10 heavy (non-hydrogen) atoms. The van der Waals surface area contributed by atoms with Crippen LogP contribution < -0.4 is 0 Å². The highest BCUT2D eigenvalue weighted by molar-refractivity contribution is 6.47. The van der Waals surface area contributed by atoms with Crippen LogP contribution in [0.15, 0.2) is 11.6 Å². The molecular weight excluding hydrogens is 124 g/mol. The summed E-state index contributed by atoms with van der Waals surface area (Å²) in [6, 6.07) is 0. The summed E-state index contributed by atoms with van der Waals surface area (Å²) in [6.45, 7) is 3.88. The molecule has 0 aliphatic heterocycles. The summed E-state index contributed by atoms with van der Waals surface area (Å²) in [7, 11) is 0. The van der Waals surface area contributed by atoms with E-state index < -0.39 is 0 Å². The van der Waals surface area contributed by atoms with E-state index >= 15 is 0 Å². The molecule has 0 heterocycles. The lowest BCUT2D eigenvalue weighted by molar-refractivity contribution is 0.781. The smallest absolute Gasteiger partial charge is 0.0776 e. The Kier molecular flexibility index (Phi) is 1.70. The molecule has 2 nitrogen and oxygen atoms in total. The molecule has 1 unspecified atom stereocenters. The van der Waals surface area contributed by atoms with Gasteiger partial charge in [-0.2, -0.15) is 0 Å². The van der Waals surface area contributed by atoms with Gasteiger partial charge >= 0.3 is 0 Å². The summed E-state index contributed by atoms with van der Waals surface area (Å²) in [5, 5.41) is 14.9. The zero-order valence-electron chi connectivity index (χ0n) is 6.36. The van der Waals surface area contributed by atoms with Crippen molar-refractivity contribution in [3.63, 3.8) is 0 Å². The topological polar surface area (TPSA) is 47.7 Å². The molecule has 1 rings (SSSR count). The van der Waals surface area contributed by atoms with Gasteiger partial charge in [-0.15, -0.1) is 0 Å². The van der Waals surface area contributed by atoms with E-state index in [0.717, 1.165) is 12.0 Å². The zero-order chi connectivity index (χ0) is 7.72. The number of allylic oxidation sites excluding steroid dienone is 2. The molecule has 0 amide bonds. The molecular formula is C8H12N2. The molecule has 2 heteroatoms. The Balaban J connectivity index is 2.91. The second-order valence-corrected chi connectivity index (χ2v) is 2.81. The average molecular weight is 136 g/mol. The van der Waals surface area contributed by atoms with Crippen LogP contribution in [0.4, 0.5) is 0 Å². The summed E-state index contributed by atoms with van der Waals surface area (Å²) in [5.74, 6) is 0.246. The van der Waals surface area contributed by atoms with E-state index in [0.29, 0.717) is 11.4 Å². The largest absolute Gasteiger partial charge is 0.303 e. The van der Waals surface area contributed by atoms with Crippen LogP contribution in [0.1, 0.15) is 20.3 Å². The molecule has 1 aliphatic carbocycles. The number of hydrogen-bond acceptors (Lipinski definition) is 2. The highest BCUT2D eigenvalue weighted by Crippen LogP contribution is 2.16. The fraction of sp³-hybridized carbons (Fsp3) is 0.500. The second-order valence-electron chi connectivity index (χ2n) is 2.81. The Morgan fingerprint density at radius 2 is 2.10 bits per heavy atom. The van der Waals surface area contributed by atoms with Crippen molar-refractivity contribution in [3.05, 3.63) is 11.6 Å². The maximum atomic E-state index is 7.47. The van der Waals surface area contributed by atoms with E-state index in [-0.39, 0.29) is 5.92 Å².